The molecule has 1 N–H and O–H groups in total. The topological polar surface area (TPSA) is 84.9 Å². The Kier molecular flexibility index (Phi) is 8.46. The van der Waals surface area contributed by atoms with E-state index in [0.29, 0.717) is 25.3 Å². The Hall–Kier alpha value is -3.35. The van der Waals surface area contributed by atoms with E-state index in [-0.39, 0.29) is 30.8 Å². The van der Waals surface area contributed by atoms with Gasteiger partial charge >= 0.3 is 5.97 Å². The standard InChI is InChI=1S/C26H32N2O5/c1-4-23(33-21-12-10-20(11-13-21)19-8-6-5-7-9-19)26(31)28-15-14-27-25(30)22(28)16-24(29)32-17-18(2)3/h5-13,18,22-23H,4,14-17H2,1-3H3,(H,27,30). The van der Waals surface area contributed by atoms with Gasteiger partial charge in [0.15, 0.2) is 6.10 Å². The largest absolute Gasteiger partial charge is 0.481 e. The second kappa shape index (κ2) is 11.5. The Morgan fingerprint density at radius 3 is 2.36 bits per heavy atom. The van der Waals surface area contributed by atoms with Crippen molar-refractivity contribution in [3.05, 3.63) is 54.6 Å². The van der Waals surface area contributed by atoms with E-state index in [1.807, 2.05) is 75.4 Å². The zero-order chi connectivity index (χ0) is 23.8. The summed E-state index contributed by atoms with van der Waals surface area (Å²) >= 11 is 0. The number of hydrogen-bond donors (Lipinski definition) is 1. The molecule has 176 valence electrons. The summed E-state index contributed by atoms with van der Waals surface area (Å²) in [5, 5.41) is 2.73. The van der Waals surface area contributed by atoms with Crippen molar-refractivity contribution in [2.45, 2.75) is 45.8 Å². The Morgan fingerprint density at radius 2 is 1.73 bits per heavy atom. The lowest BCUT2D eigenvalue weighted by Crippen LogP contribution is -2.60. The molecule has 1 heterocycles. The van der Waals surface area contributed by atoms with Crippen LogP contribution in [0.1, 0.15) is 33.6 Å². The highest BCUT2D eigenvalue weighted by molar-refractivity contribution is 5.93. The molecule has 0 saturated carbocycles. The fourth-order valence-corrected chi connectivity index (χ4v) is 3.67. The van der Waals surface area contributed by atoms with E-state index in [1.54, 1.807) is 0 Å². The highest BCUT2D eigenvalue weighted by atomic mass is 16.5. The van der Waals surface area contributed by atoms with Crippen LogP contribution in [-0.2, 0) is 19.1 Å². The van der Waals surface area contributed by atoms with Gasteiger partial charge in [-0.3, -0.25) is 14.4 Å². The smallest absolute Gasteiger partial charge is 0.308 e. The summed E-state index contributed by atoms with van der Waals surface area (Å²) in [5.74, 6) is -0.379. The van der Waals surface area contributed by atoms with Gasteiger partial charge in [0.25, 0.3) is 5.91 Å². The lowest BCUT2D eigenvalue weighted by molar-refractivity contribution is -0.155. The van der Waals surface area contributed by atoms with E-state index in [0.717, 1.165) is 11.1 Å². The van der Waals surface area contributed by atoms with E-state index >= 15 is 0 Å². The molecule has 2 unspecified atom stereocenters. The monoisotopic (exact) mass is 452 g/mol. The van der Waals surface area contributed by atoms with Crippen LogP contribution < -0.4 is 10.1 Å². The zero-order valence-electron chi connectivity index (χ0n) is 19.5. The molecule has 0 aromatic heterocycles. The van der Waals surface area contributed by atoms with Gasteiger partial charge < -0.3 is 19.7 Å². The van der Waals surface area contributed by atoms with Crippen molar-refractivity contribution in [3.63, 3.8) is 0 Å². The number of rotatable bonds is 9. The zero-order valence-corrected chi connectivity index (χ0v) is 19.5. The molecule has 1 fully saturated rings. The highest BCUT2D eigenvalue weighted by Crippen LogP contribution is 2.24. The minimum absolute atomic E-state index is 0.174. The average Bonchev–Trinajstić information content (AvgIpc) is 2.83. The van der Waals surface area contributed by atoms with Crippen LogP contribution in [0.15, 0.2) is 54.6 Å². The summed E-state index contributed by atoms with van der Waals surface area (Å²) in [6.45, 7) is 6.67. The van der Waals surface area contributed by atoms with Crippen molar-refractivity contribution < 1.29 is 23.9 Å². The van der Waals surface area contributed by atoms with E-state index in [4.69, 9.17) is 9.47 Å². The predicted octanol–water partition coefficient (Wildman–Crippen LogP) is 3.43. The number of piperazine rings is 1. The van der Waals surface area contributed by atoms with Crippen LogP contribution in [0.3, 0.4) is 0 Å². The lowest BCUT2D eigenvalue weighted by Gasteiger charge is -2.36. The van der Waals surface area contributed by atoms with Crippen molar-refractivity contribution in [3.8, 4) is 16.9 Å². The maximum atomic E-state index is 13.3. The molecule has 2 amide bonds. The number of nitrogens with one attached hydrogen (secondary N) is 1. The number of amides is 2. The van der Waals surface area contributed by atoms with Crippen molar-refractivity contribution in [1.29, 1.82) is 0 Å². The van der Waals surface area contributed by atoms with Crippen molar-refractivity contribution in [1.82, 2.24) is 10.2 Å². The minimum Gasteiger partial charge on any atom is -0.481 e. The van der Waals surface area contributed by atoms with Crippen molar-refractivity contribution in [2.24, 2.45) is 5.92 Å². The molecule has 1 saturated heterocycles. The van der Waals surface area contributed by atoms with Crippen molar-refractivity contribution >= 4 is 17.8 Å². The molecular formula is C26H32N2O5. The van der Waals surface area contributed by atoms with Gasteiger partial charge in [-0.25, -0.2) is 0 Å². The van der Waals surface area contributed by atoms with E-state index < -0.39 is 18.1 Å². The lowest BCUT2D eigenvalue weighted by atomic mass is 10.1. The average molecular weight is 453 g/mol. The van der Waals surface area contributed by atoms with Crippen LogP contribution in [-0.4, -0.2) is 54.5 Å². The summed E-state index contributed by atoms with van der Waals surface area (Å²) in [7, 11) is 0. The molecule has 0 aliphatic carbocycles. The third-order valence-corrected chi connectivity index (χ3v) is 5.44. The second-order valence-electron chi connectivity index (χ2n) is 8.52. The molecule has 0 bridgehead atoms. The number of benzene rings is 2. The minimum atomic E-state index is -0.899. The summed E-state index contributed by atoms with van der Waals surface area (Å²) < 4.78 is 11.2. The molecule has 7 heteroatoms. The number of carbonyl (C=O) groups excluding carboxylic acids is 3. The molecular weight excluding hydrogens is 420 g/mol. The first-order valence-electron chi connectivity index (χ1n) is 11.4. The van der Waals surface area contributed by atoms with Crippen LogP contribution in [0.25, 0.3) is 11.1 Å². The van der Waals surface area contributed by atoms with Crippen LogP contribution in [0.4, 0.5) is 0 Å². The Balaban J connectivity index is 1.68. The fraction of sp³-hybridized carbons (Fsp3) is 0.423. The number of carbonyl (C=O) groups is 3. The quantitative estimate of drug-likeness (QED) is 0.590. The van der Waals surface area contributed by atoms with Gasteiger partial charge in [0.2, 0.25) is 5.91 Å². The van der Waals surface area contributed by atoms with Gasteiger partial charge in [-0.05, 0) is 35.6 Å². The van der Waals surface area contributed by atoms with E-state index in [2.05, 4.69) is 5.32 Å². The molecule has 0 spiro atoms. The molecule has 1 aliphatic heterocycles. The van der Waals surface area contributed by atoms with Gasteiger partial charge in [0, 0.05) is 13.1 Å². The predicted molar refractivity (Wildman–Crippen MR) is 126 cm³/mol. The van der Waals surface area contributed by atoms with Gasteiger partial charge in [0.05, 0.1) is 13.0 Å². The molecule has 7 nitrogen and oxygen atoms in total. The van der Waals surface area contributed by atoms with E-state index in [1.165, 1.54) is 4.90 Å². The van der Waals surface area contributed by atoms with Crippen LogP contribution in [0, 0.1) is 5.92 Å². The van der Waals surface area contributed by atoms with Crippen LogP contribution in [0.5, 0.6) is 5.75 Å². The SMILES string of the molecule is CCC(Oc1ccc(-c2ccccc2)cc1)C(=O)N1CCNC(=O)C1CC(=O)OCC(C)C. The third-order valence-electron chi connectivity index (χ3n) is 5.44. The fourth-order valence-electron chi connectivity index (χ4n) is 3.67. The normalized spacial score (nSPS) is 16.8. The number of hydrogen-bond acceptors (Lipinski definition) is 5. The number of nitrogens with zero attached hydrogens (tertiary/aromatic N) is 1. The second-order valence-corrected chi connectivity index (χ2v) is 8.52. The number of ether oxygens (including phenoxy) is 2. The molecule has 2 atom stereocenters. The number of esters is 1. The van der Waals surface area contributed by atoms with Crippen LogP contribution in [0.2, 0.25) is 0 Å². The first-order valence-corrected chi connectivity index (χ1v) is 11.4. The Morgan fingerprint density at radius 1 is 1.06 bits per heavy atom. The molecule has 2 aromatic carbocycles. The molecule has 1 aliphatic rings. The first-order chi connectivity index (χ1) is 15.9. The maximum absolute atomic E-state index is 13.3. The van der Waals surface area contributed by atoms with Crippen molar-refractivity contribution in [2.75, 3.05) is 19.7 Å². The Labute approximate surface area is 195 Å². The Bertz CT molecular complexity index is 943. The first kappa shape index (κ1) is 24.3. The molecule has 2 aromatic rings. The summed E-state index contributed by atoms with van der Waals surface area (Å²) in [6, 6.07) is 16.7. The molecule has 0 radical (unpaired) electrons. The maximum Gasteiger partial charge on any atom is 0.308 e. The van der Waals surface area contributed by atoms with Crippen LogP contribution >= 0.6 is 0 Å². The van der Waals surface area contributed by atoms with Gasteiger partial charge in [-0.2, -0.15) is 0 Å². The molecule has 33 heavy (non-hydrogen) atoms. The molecule has 3 rings (SSSR count). The summed E-state index contributed by atoms with van der Waals surface area (Å²) in [5.41, 5.74) is 2.15. The van der Waals surface area contributed by atoms with Gasteiger partial charge in [-0.1, -0.05) is 63.2 Å². The van der Waals surface area contributed by atoms with E-state index in [9.17, 15) is 14.4 Å². The highest BCUT2D eigenvalue weighted by Gasteiger charge is 2.38. The third kappa shape index (κ3) is 6.57. The summed E-state index contributed by atoms with van der Waals surface area (Å²) in [6.07, 6.45) is -0.498. The van der Waals surface area contributed by atoms with Gasteiger partial charge in [0.1, 0.15) is 11.8 Å². The summed E-state index contributed by atoms with van der Waals surface area (Å²) in [4.78, 5) is 39.4. The van der Waals surface area contributed by atoms with Gasteiger partial charge in [-0.15, -0.1) is 0 Å².